The van der Waals surface area contributed by atoms with E-state index in [0.29, 0.717) is 6.42 Å². The molecule has 0 atom stereocenters. The van der Waals surface area contributed by atoms with Gasteiger partial charge in [-0.1, -0.05) is 34.1 Å². The van der Waals surface area contributed by atoms with E-state index in [1.807, 2.05) is 31.2 Å². The lowest BCUT2D eigenvalue weighted by Gasteiger charge is -2.05. The number of aromatic nitrogens is 1. The summed E-state index contributed by atoms with van der Waals surface area (Å²) in [5, 5.41) is 0. The number of pyridine rings is 1. The van der Waals surface area contributed by atoms with E-state index in [1.165, 1.54) is 0 Å². The van der Waals surface area contributed by atoms with Crippen LogP contribution in [0.2, 0.25) is 0 Å². The Kier molecular flexibility index (Phi) is 3.69. The van der Waals surface area contributed by atoms with Crippen molar-refractivity contribution in [1.29, 1.82) is 0 Å². The molecule has 0 bridgehead atoms. The quantitative estimate of drug-likeness (QED) is 0.809. The van der Waals surface area contributed by atoms with Crippen LogP contribution in [0.3, 0.4) is 0 Å². The van der Waals surface area contributed by atoms with Crippen LogP contribution < -0.4 is 0 Å². The summed E-state index contributed by atoms with van der Waals surface area (Å²) in [7, 11) is 0. The SMILES string of the molecule is Cc1cnccc1C(=O)Cc1ccccc1Br. The zero-order valence-electron chi connectivity index (χ0n) is 9.48. The lowest BCUT2D eigenvalue weighted by atomic mass is 10.0. The molecule has 86 valence electrons. The maximum Gasteiger partial charge on any atom is 0.167 e. The Morgan fingerprint density at radius 2 is 2.06 bits per heavy atom. The first-order chi connectivity index (χ1) is 8.18. The maximum atomic E-state index is 12.1. The summed E-state index contributed by atoms with van der Waals surface area (Å²) in [6, 6.07) is 9.55. The second-order valence-corrected chi connectivity index (χ2v) is 4.74. The summed E-state index contributed by atoms with van der Waals surface area (Å²) in [5.74, 6) is 0.122. The highest BCUT2D eigenvalue weighted by atomic mass is 79.9. The van der Waals surface area contributed by atoms with Crippen molar-refractivity contribution >= 4 is 21.7 Å². The first-order valence-corrected chi connectivity index (χ1v) is 6.15. The number of halogens is 1. The fraction of sp³-hybridized carbons (Fsp3) is 0.143. The number of aryl methyl sites for hydroxylation is 1. The topological polar surface area (TPSA) is 30.0 Å². The molecule has 0 aliphatic rings. The van der Waals surface area contributed by atoms with Gasteiger partial charge < -0.3 is 0 Å². The highest BCUT2D eigenvalue weighted by Gasteiger charge is 2.11. The molecule has 1 aromatic carbocycles. The Morgan fingerprint density at radius 3 is 2.76 bits per heavy atom. The third-order valence-electron chi connectivity index (χ3n) is 2.63. The van der Waals surface area contributed by atoms with Crippen LogP contribution in [-0.4, -0.2) is 10.8 Å². The Balaban J connectivity index is 2.24. The van der Waals surface area contributed by atoms with Crippen molar-refractivity contribution in [2.24, 2.45) is 0 Å². The minimum absolute atomic E-state index is 0.122. The van der Waals surface area contributed by atoms with Crippen molar-refractivity contribution in [2.45, 2.75) is 13.3 Å². The monoisotopic (exact) mass is 289 g/mol. The molecule has 1 aromatic heterocycles. The summed E-state index contributed by atoms with van der Waals surface area (Å²) in [6.45, 7) is 1.90. The van der Waals surface area contributed by atoms with Crippen LogP contribution in [0.1, 0.15) is 21.5 Å². The van der Waals surface area contributed by atoms with Gasteiger partial charge in [0.2, 0.25) is 0 Å². The van der Waals surface area contributed by atoms with Crippen LogP contribution in [0, 0.1) is 6.92 Å². The van der Waals surface area contributed by atoms with Crippen LogP contribution in [0.15, 0.2) is 47.2 Å². The number of rotatable bonds is 3. The number of benzene rings is 1. The molecule has 2 aromatic rings. The molecular weight excluding hydrogens is 278 g/mol. The zero-order chi connectivity index (χ0) is 12.3. The number of hydrogen-bond acceptors (Lipinski definition) is 2. The molecule has 0 aliphatic heterocycles. The van der Waals surface area contributed by atoms with E-state index in [0.717, 1.165) is 21.2 Å². The van der Waals surface area contributed by atoms with Gasteiger partial charge in [-0.25, -0.2) is 0 Å². The largest absolute Gasteiger partial charge is 0.294 e. The van der Waals surface area contributed by atoms with Crippen LogP contribution in [0.4, 0.5) is 0 Å². The number of ketones is 1. The van der Waals surface area contributed by atoms with Gasteiger partial charge in [0.1, 0.15) is 0 Å². The van der Waals surface area contributed by atoms with E-state index in [4.69, 9.17) is 0 Å². The Bertz CT molecular complexity index is 551. The molecule has 2 nitrogen and oxygen atoms in total. The van der Waals surface area contributed by atoms with Crippen molar-refractivity contribution in [3.8, 4) is 0 Å². The Hall–Kier alpha value is -1.48. The highest BCUT2D eigenvalue weighted by molar-refractivity contribution is 9.10. The normalized spacial score (nSPS) is 10.2. The summed E-state index contributed by atoms with van der Waals surface area (Å²) in [5.41, 5.74) is 2.68. The van der Waals surface area contributed by atoms with E-state index >= 15 is 0 Å². The van der Waals surface area contributed by atoms with E-state index in [-0.39, 0.29) is 5.78 Å². The van der Waals surface area contributed by atoms with Gasteiger partial charge in [0.05, 0.1) is 0 Å². The number of carbonyl (C=O) groups excluding carboxylic acids is 1. The predicted molar refractivity (Wildman–Crippen MR) is 71.2 cm³/mol. The molecule has 0 N–H and O–H groups in total. The van der Waals surface area contributed by atoms with E-state index in [9.17, 15) is 4.79 Å². The number of nitrogens with zero attached hydrogens (tertiary/aromatic N) is 1. The number of hydrogen-bond donors (Lipinski definition) is 0. The van der Waals surface area contributed by atoms with Gasteiger partial charge in [-0.05, 0) is 30.2 Å². The van der Waals surface area contributed by atoms with E-state index in [2.05, 4.69) is 20.9 Å². The third-order valence-corrected chi connectivity index (χ3v) is 3.40. The standard InChI is InChI=1S/C14H12BrNO/c1-10-9-16-7-6-12(10)14(17)8-11-4-2-3-5-13(11)15/h2-7,9H,8H2,1H3. The summed E-state index contributed by atoms with van der Waals surface area (Å²) in [6.07, 6.45) is 3.78. The number of carbonyl (C=O) groups is 1. The molecule has 0 spiro atoms. The van der Waals surface area contributed by atoms with Crippen LogP contribution >= 0.6 is 15.9 Å². The average molecular weight is 290 g/mol. The predicted octanol–water partition coefficient (Wildman–Crippen LogP) is 3.58. The molecule has 0 amide bonds. The van der Waals surface area contributed by atoms with Gasteiger partial charge >= 0.3 is 0 Å². The molecule has 0 radical (unpaired) electrons. The van der Waals surface area contributed by atoms with Gasteiger partial charge in [-0.2, -0.15) is 0 Å². The van der Waals surface area contributed by atoms with Gasteiger partial charge in [-0.15, -0.1) is 0 Å². The molecule has 0 saturated heterocycles. The first-order valence-electron chi connectivity index (χ1n) is 5.35. The molecule has 3 heteroatoms. The zero-order valence-corrected chi connectivity index (χ0v) is 11.1. The number of Topliss-reactive ketones (excluding diaryl/α,β-unsaturated/α-hetero) is 1. The molecule has 0 fully saturated rings. The molecule has 1 heterocycles. The van der Waals surface area contributed by atoms with Crippen LogP contribution in [-0.2, 0) is 6.42 Å². The molecular formula is C14H12BrNO. The molecule has 17 heavy (non-hydrogen) atoms. The van der Waals surface area contributed by atoms with Crippen molar-refractivity contribution in [1.82, 2.24) is 4.98 Å². The average Bonchev–Trinajstić information content (AvgIpc) is 2.32. The summed E-state index contributed by atoms with van der Waals surface area (Å²) < 4.78 is 0.972. The maximum absolute atomic E-state index is 12.1. The Labute approximate surface area is 109 Å². The molecule has 0 unspecified atom stereocenters. The second-order valence-electron chi connectivity index (χ2n) is 3.88. The minimum Gasteiger partial charge on any atom is -0.294 e. The Morgan fingerprint density at radius 1 is 1.29 bits per heavy atom. The van der Waals surface area contributed by atoms with Crippen molar-refractivity contribution in [2.75, 3.05) is 0 Å². The van der Waals surface area contributed by atoms with Gasteiger partial charge in [0.15, 0.2) is 5.78 Å². The molecule has 2 rings (SSSR count). The third kappa shape index (κ3) is 2.80. The second kappa shape index (κ2) is 5.23. The van der Waals surface area contributed by atoms with Gasteiger partial charge in [-0.3, -0.25) is 9.78 Å². The van der Waals surface area contributed by atoms with Crippen LogP contribution in [0.25, 0.3) is 0 Å². The fourth-order valence-electron chi connectivity index (χ4n) is 1.70. The lowest BCUT2D eigenvalue weighted by Crippen LogP contribution is -2.06. The van der Waals surface area contributed by atoms with Crippen molar-refractivity contribution in [3.63, 3.8) is 0 Å². The highest BCUT2D eigenvalue weighted by Crippen LogP contribution is 2.18. The van der Waals surface area contributed by atoms with Gasteiger partial charge in [0.25, 0.3) is 0 Å². The van der Waals surface area contributed by atoms with Crippen LogP contribution in [0.5, 0.6) is 0 Å². The molecule has 0 aliphatic carbocycles. The minimum atomic E-state index is 0.122. The summed E-state index contributed by atoms with van der Waals surface area (Å²) >= 11 is 3.45. The van der Waals surface area contributed by atoms with Gasteiger partial charge in [0, 0.05) is 28.9 Å². The lowest BCUT2D eigenvalue weighted by molar-refractivity contribution is 0.0992. The molecule has 0 saturated carbocycles. The van der Waals surface area contributed by atoms with E-state index in [1.54, 1.807) is 18.5 Å². The van der Waals surface area contributed by atoms with E-state index < -0.39 is 0 Å². The fourth-order valence-corrected chi connectivity index (χ4v) is 2.12. The van der Waals surface area contributed by atoms with Crippen molar-refractivity contribution < 1.29 is 4.79 Å². The van der Waals surface area contributed by atoms with Crippen molar-refractivity contribution in [3.05, 3.63) is 63.9 Å². The smallest absolute Gasteiger partial charge is 0.167 e. The summed E-state index contributed by atoms with van der Waals surface area (Å²) in [4.78, 5) is 16.1. The first kappa shape index (κ1) is 12.0.